The number of carbonyl (C=O) groups is 4. The van der Waals surface area contributed by atoms with E-state index in [1.165, 1.54) is 12.1 Å². The van der Waals surface area contributed by atoms with E-state index in [0.29, 0.717) is 37.7 Å². The quantitative estimate of drug-likeness (QED) is 0.0779. The molecule has 1 amide bonds. The summed E-state index contributed by atoms with van der Waals surface area (Å²) < 4.78 is 5.78. The fraction of sp³-hybridized carbons (Fsp3) is 0.312. The van der Waals surface area contributed by atoms with Crippen molar-refractivity contribution in [3.05, 3.63) is 88.0 Å². The first-order chi connectivity index (χ1) is 20.7. The average Bonchev–Trinajstić information content (AvgIpc) is 3.00. The molecule has 4 rings (SSSR count). The lowest BCUT2D eigenvalue weighted by atomic mass is 9.81. The van der Waals surface area contributed by atoms with Crippen LogP contribution in [0, 0.1) is 0 Å². The molecule has 0 fully saturated rings. The van der Waals surface area contributed by atoms with Crippen molar-refractivity contribution in [1.82, 2.24) is 5.32 Å². The molecule has 9 nitrogen and oxygen atoms in total. The number of phenolic OH excluding ortho intramolecular Hbond substituents is 2. The molecule has 43 heavy (non-hydrogen) atoms. The Morgan fingerprint density at radius 1 is 0.977 bits per heavy atom. The average molecular weight is 628 g/mol. The van der Waals surface area contributed by atoms with Crippen LogP contribution < -0.4 is 10.2 Å². The summed E-state index contributed by atoms with van der Waals surface area (Å²) >= 11 is 11.8. The molecule has 0 saturated heterocycles. The molecule has 3 aromatic carbocycles. The third-order valence-electron chi connectivity index (χ3n) is 7.34. The maximum Gasteiger partial charge on any atom is 0.329 e. The number of alkyl halides is 2. The zero-order valence-corrected chi connectivity index (χ0v) is 25.0. The van der Waals surface area contributed by atoms with Gasteiger partial charge in [0.25, 0.3) is 0 Å². The van der Waals surface area contributed by atoms with Crippen molar-refractivity contribution >= 4 is 52.8 Å². The van der Waals surface area contributed by atoms with Crippen LogP contribution in [0.3, 0.4) is 0 Å². The number of nitrogens with zero attached hydrogens (tertiary/aromatic N) is 1. The predicted octanol–water partition coefficient (Wildman–Crippen LogP) is 4.90. The standard InChI is InChI=1S/C32H32Cl2N2O7/c1-2-5-26(23-17-25(38)27-28(31(23)41)30(40)22-7-4-3-6-21(22)29(27)39)43-32(42)24(35-18-37)16-19-8-10-20(11-9-19)36(14-12-33)15-13-34/h3-4,6-11,17-18,24,26,38,41H,2,5,12-16H2,1H3,(H,35,37)/t24-,26?/m0/s1. The van der Waals surface area contributed by atoms with Crippen molar-refractivity contribution in [2.75, 3.05) is 29.7 Å². The first-order valence-electron chi connectivity index (χ1n) is 13.9. The normalized spacial score (nSPS) is 13.5. The second kappa shape index (κ2) is 14.4. The number of carbonyl (C=O) groups excluding carboxylic acids is 4. The van der Waals surface area contributed by atoms with Crippen molar-refractivity contribution in [1.29, 1.82) is 0 Å². The van der Waals surface area contributed by atoms with Crippen LogP contribution in [-0.2, 0) is 20.7 Å². The number of rotatable bonds is 14. The first-order valence-corrected chi connectivity index (χ1v) is 15.0. The molecule has 0 aliphatic heterocycles. The molecule has 226 valence electrons. The maximum atomic E-state index is 13.4. The van der Waals surface area contributed by atoms with Gasteiger partial charge in [0.2, 0.25) is 6.41 Å². The number of phenols is 2. The van der Waals surface area contributed by atoms with E-state index in [4.69, 9.17) is 27.9 Å². The third-order valence-corrected chi connectivity index (χ3v) is 7.68. The highest BCUT2D eigenvalue weighted by atomic mass is 35.5. The van der Waals surface area contributed by atoms with E-state index in [0.717, 1.165) is 17.3 Å². The van der Waals surface area contributed by atoms with E-state index >= 15 is 0 Å². The molecule has 0 heterocycles. The monoisotopic (exact) mass is 626 g/mol. The third kappa shape index (κ3) is 6.78. The lowest BCUT2D eigenvalue weighted by Gasteiger charge is -2.26. The number of aromatic hydroxyl groups is 2. The summed E-state index contributed by atoms with van der Waals surface area (Å²) in [6.07, 6.45) is 0.190. The predicted molar refractivity (Wildman–Crippen MR) is 164 cm³/mol. The van der Waals surface area contributed by atoms with Gasteiger partial charge < -0.3 is 25.2 Å². The summed E-state index contributed by atoms with van der Waals surface area (Å²) in [5.74, 6) is -2.17. The first kappa shape index (κ1) is 31.8. The van der Waals surface area contributed by atoms with Crippen LogP contribution in [0.2, 0.25) is 0 Å². The fourth-order valence-electron chi connectivity index (χ4n) is 5.23. The Morgan fingerprint density at radius 2 is 1.58 bits per heavy atom. The number of amides is 1. The number of anilines is 1. The van der Waals surface area contributed by atoms with Gasteiger partial charge in [-0.3, -0.25) is 14.4 Å². The van der Waals surface area contributed by atoms with Gasteiger partial charge in [-0.1, -0.05) is 49.7 Å². The summed E-state index contributed by atoms with van der Waals surface area (Å²) in [6, 6.07) is 13.7. The molecular weight excluding hydrogens is 595 g/mol. The number of hydrogen-bond donors (Lipinski definition) is 3. The van der Waals surface area contributed by atoms with E-state index in [-0.39, 0.29) is 40.7 Å². The van der Waals surface area contributed by atoms with Gasteiger partial charge in [0.05, 0.1) is 11.1 Å². The number of ether oxygens (including phenoxy) is 1. The summed E-state index contributed by atoms with van der Waals surface area (Å²) in [6.45, 7) is 3.07. The minimum absolute atomic E-state index is 0.0140. The Hall–Kier alpha value is -4.08. The van der Waals surface area contributed by atoms with Crippen LogP contribution in [0.15, 0.2) is 54.6 Å². The molecule has 3 aromatic rings. The zero-order valence-electron chi connectivity index (χ0n) is 23.5. The van der Waals surface area contributed by atoms with Gasteiger partial charge in [0.1, 0.15) is 23.6 Å². The fourth-order valence-corrected chi connectivity index (χ4v) is 5.64. The molecule has 0 saturated carbocycles. The Morgan fingerprint density at radius 3 is 2.14 bits per heavy atom. The number of fused-ring (bicyclic) bond motifs is 2. The topological polar surface area (TPSA) is 133 Å². The van der Waals surface area contributed by atoms with E-state index in [1.54, 1.807) is 12.1 Å². The lowest BCUT2D eigenvalue weighted by molar-refractivity contribution is -0.153. The van der Waals surface area contributed by atoms with Gasteiger partial charge in [-0.15, -0.1) is 23.2 Å². The Labute approximate surface area is 259 Å². The van der Waals surface area contributed by atoms with Crippen molar-refractivity contribution in [2.45, 2.75) is 38.3 Å². The van der Waals surface area contributed by atoms with Crippen LogP contribution in [0.1, 0.15) is 68.8 Å². The molecule has 0 radical (unpaired) electrons. The summed E-state index contributed by atoms with van der Waals surface area (Å²) in [4.78, 5) is 53.2. The van der Waals surface area contributed by atoms with E-state index in [9.17, 15) is 29.4 Å². The number of halogens is 2. The molecule has 1 unspecified atom stereocenters. The van der Waals surface area contributed by atoms with Gasteiger partial charge >= 0.3 is 5.97 Å². The smallest absolute Gasteiger partial charge is 0.329 e. The zero-order chi connectivity index (χ0) is 31.1. The Bertz CT molecular complexity index is 1500. The molecule has 0 spiro atoms. The van der Waals surface area contributed by atoms with Crippen LogP contribution in [0.5, 0.6) is 11.5 Å². The van der Waals surface area contributed by atoms with Crippen molar-refractivity contribution in [3.8, 4) is 11.5 Å². The van der Waals surface area contributed by atoms with Gasteiger partial charge in [-0.25, -0.2) is 4.79 Å². The minimum Gasteiger partial charge on any atom is -0.507 e. The van der Waals surface area contributed by atoms with Crippen molar-refractivity contribution < 1.29 is 34.1 Å². The molecular formula is C32H32Cl2N2O7. The van der Waals surface area contributed by atoms with Gasteiger partial charge in [-0.2, -0.15) is 0 Å². The number of esters is 1. The van der Waals surface area contributed by atoms with Crippen molar-refractivity contribution in [2.24, 2.45) is 0 Å². The summed E-state index contributed by atoms with van der Waals surface area (Å²) in [7, 11) is 0. The summed E-state index contributed by atoms with van der Waals surface area (Å²) in [5, 5.41) is 24.6. The van der Waals surface area contributed by atoms with Gasteiger partial charge in [-0.05, 0) is 30.2 Å². The highest BCUT2D eigenvalue weighted by Gasteiger charge is 2.37. The minimum atomic E-state index is -1.08. The molecule has 1 aliphatic rings. The second-order valence-electron chi connectivity index (χ2n) is 10.1. The van der Waals surface area contributed by atoms with E-state index in [2.05, 4.69) is 5.32 Å². The molecule has 2 atom stereocenters. The highest BCUT2D eigenvalue weighted by molar-refractivity contribution is 6.30. The SMILES string of the molecule is CCCC(OC(=O)[C@H](Cc1ccc(N(CCCl)CCCl)cc1)NC=O)c1cc(O)c2c(c1O)C(=O)c1ccccc1C2=O. The number of hydrogen-bond acceptors (Lipinski definition) is 8. The molecule has 0 aromatic heterocycles. The largest absolute Gasteiger partial charge is 0.507 e. The van der Waals surface area contributed by atoms with Crippen LogP contribution in [0.25, 0.3) is 0 Å². The van der Waals surface area contributed by atoms with Crippen LogP contribution in [0.4, 0.5) is 5.69 Å². The Balaban J connectivity index is 1.60. The number of benzene rings is 3. The van der Waals surface area contributed by atoms with Crippen LogP contribution >= 0.6 is 23.2 Å². The van der Waals surface area contributed by atoms with E-state index < -0.39 is 41.2 Å². The summed E-state index contributed by atoms with van der Waals surface area (Å²) in [5.41, 5.74) is 1.24. The molecule has 3 N–H and O–H groups in total. The van der Waals surface area contributed by atoms with E-state index in [1.807, 2.05) is 36.1 Å². The number of ketones is 2. The lowest BCUT2D eigenvalue weighted by Crippen LogP contribution is -2.39. The molecule has 1 aliphatic carbocycles. The van der Waals surface area contributed by atoms with Gasteiger partial charge in [0, 0.05) is 53.6 Å². The second-order valence-corrected chi connectivity index (χ2v) is 10.8. The van der Waals surface area contributed by atoms with Crippen LogP contribution in [-0.4, -0.2) is 65.1 Å². The van der Waals surface area contributed by atoms with Crippen molar-refractivity contribution in [3.63, 3.8) is 0 Å². The molecule has 11 heteroatoms. The molecule has 0 bridgehead atoms. The number of nitrogens with one attached hydrogen (secondary N) is 1. The highest BCUT2D eigenvalue weighted by Crippen LogP contribution is 2.43. The van der Waals surface area contributed by atoms with Gasteiger partial charge in [0.15, 0.2) is 11.6 Å². The Kier molecular flexibility index (Phi) is 10.7. The maximum absolute atomic E-state index is 13.4.